The van der Waals surface area contributed by atoms with Crippen molar-refractivity contribution < 1.29 is 23.4 Å². The molecule has 0 bridgehead atoms. The van der Waals surface area contributed by atoms with Crippen molar-refractivity contribution in [3.05, 3.63) is 59.9 Å². The van der Waals surface area contributed by atoms with Crippen LogP contribution in [0.4, 0.5) is 4.39 Å². The molecule has 2 aliphatic rings. The number of rotatable bonds is 6. The number of piperidine rings is 1. The van der Waals surface area contributed by atoms with Crippen LogP contribution in [0.1, 0.15) is 24.8 Å². The molecule has 29 heavy (non-hydrogen) atoms. The predicted octanol–water partition coefficient (Wildman–Crippen LogP) is 3.81. The summed E-state index contributed by atoms with van der Waals surface area (Å²) in [5.74, 6) is 1.62. The molecule has 0 aliphatic carbocycles. The smallest absolute Gasteiger partial charge is 0.267 e. The van der Waals surface area contributed by atoms with E-state index in [0.717, 1.165) is 37.9 Å². The van der Waals surface area contributed by atoms with Crippen molar-refractivity contribution in [2.75, 3.05) is 26.3 Å². The lowest BCUT2D eigenvalue weighted by molar-refractivity contribution is -0.142. The predicted molar refractivity (Wildman–Crippen MR) is 106 cm³/mol. The van der Waals surface area contributed by atoms with Crippen LogP contribution < -0.4 is 9.47 Å². The zero-order chi connectivity index (χ0) is 20.1. The van der Waals surface area contributed by atoms with E-state index in [1.54, 1.807) is 6.07 Å². The van der Waals surface area contributed by atoms with Gasteiger partial charge in [0, 0.05) is 19.7 Å². The highest BCUT2D eigenvalue weighted by atomic mass is 19.1. The van der Waals surface area contributed by atoms with Crippen molar-refractivity contribution in [2.45, 2.75) is 32.0 Å². The number of hydrogen-bond donors (Lipinski definition) is 0. The van der Waals surface area contributed by atoms with E-state index in [4.69, 9.17) is 14.2 Å². The molecule has 2 heterocycles. The number of fused-ring (bicyclic) bond motifs is 1. The van der Waals surface area contributed by atoms with Crippen LogP contribution in [0.25, 0.3) is 0 Å². The monoisotopic (exact) mass is 399 g/mol. The van der Waals surface area contributed by atoms with Crippen LogP contribution in [0.5, 0.6) is 11.5 Å². The fraction of sp³-hybridized carbons (Fsp3) is 0.435. The summed E-state index contributed by atoms with van der Waals surface area (Å²) in [6.07, 6.45) is 2.29. The topological polar surface area (TPSA) is 48.0 Å². The number of halogens is 1. The van der Waals surface area contributed by atoms with Gasteiger partial charge in [-0.25, -0.2) is 4.39 Å². The Labute approximate surface area is 170 Å². The van der Waals surface area contributed by atoms with Crippen molar-refractivity contribution in [1.29, 1.82) is 0 Å². The minimum absolute atomic E-state index is 0.000285. The molecule has 0 aromatic heterocycles. The first-order valence-electron chi connectivity index (χ1n) is 10.2. The van der Waals surface area contributed by atoms with E-state index in [1.165, 1.54) is 12.1 Å². The summed E-state index contributed by atoms with van der Waals surface area (Å²) in [6, 6.07) is 13.9. The van der Waals surface area contributed by atoms with Gasteiger partial charge in [0.25, 0.3) is 5.91 Å². The summed E-state index contributed by atoms with van der Waals surface area (Å²) >= 11 is 0. The van der Waals surface area contributed by atoms with E-state index in [9.17, 15) is 9.18 Å². The van der Waals surface area contributed by atoms with E-state index >= 15 is 0 Å². The molecule has 0 radical (unpaired) electrons. The minimum atomic E-state index is -0.573. The number of hydrogen-bond acceptors (Lipinski definition) is 4. The number of nitrogens with zero attached hydrogens (tertiary/aromatic N) is 1. The average molecular weight is 399 g/mol. The molecule has 0 N–H and O–H groups in total. The maximum atomic E-state index is 13.2. The molecule has 0 saturated carbocycles. The van der Waals surface area contributed by atoms with Crippen LogP contribution in [0.2, 0.25) is 0 Å². The van der Waals surface area contributed by atoms with E-state index < -0.39 is 6.10 Å². The normalized spacial score (nSPS) is 19.2. The number of para-hydroxylation sites is 2. The first-order chi connectivity index (χ1) is 14.2. The van der Waals surface area contributed by atoms with Crippen molar-refractivity contribution in [3.8, 4) is 11.5 Å². The quantitative estimate of drug-likeness (QED) is 0.693. The third-order valence-electron chi connectivity index (χ3n) is 5.54. The van der Waals surface area contributed by atoms with Crippen molar-refractivity contribution >= 4 is 5.91 Å². The number of carbonyl (C=O) groups excluding carboxylic acids is 1. The molecule has 0 spiro atoms. The lowest BCUT2D eigenvalue weighted by Crippen LogP contribution is -2.49. The highest BCUT2D eigenvalue weighted by molar-refractivity contribution is 5.82. The third kappa shape index (κ3) is 5.07. The molecule has 6 heteroatoms. The molecular formula is C23H26FNO4. The number of benzene rings is 2. The van der Waals surface area contributed by atoms with E-state index in [-0.39, 0.29) is 18.3 Å². The van der Waals surface area contributed by atoms with E-state index in [0.29, 0.717) is 30.6 Å². The van der Waals surface area contributed by atoms with Gasteiger partial charge in [-0.15, -0.1) is 0 Å². The van der Waals surface area contributed by atoms with Crippen LogP contribution in [-0.4, -0.2) is 43.2 Å². The molecule has 154 valence electrons. The number of amides is 1. The first-order valence-corrected chi connectivity index (χ1v) is 10.2. The van der Waals surface area contributed by atoms with Gasteiger partial charge in [0.2, 0.25) is 6.10 Å². The van der Waals surface area contributed by atoms with Crippen LogP contribution >= 0.6 is 0 Å². The highest BCUT2D eigenvalue weighted by Gasteiger charge is 2.32. The maximum Gasteiger partial charge on any atom is 0.267 e. The van der Waals surface area contributed by atoms with Gasteiger partial charge in [-0.3, -0.25) is 4.79 Å². The van der Waals surface area contributed by atoms with Gasteiger partial charge in [-0.05, 0) is 55.0 Å². The SMILES string of the molecule is O=C([C@@H]1COc2ccccc2O1)N1CCC(CCOCc2cccc(F)c2)CC1. The molecule has 2 aliphatic heterocycles. The zero-order valence-corrected chi connectivity index (χ0v) is 16.4. The maximum absolute atomic E-state index is 13.2. The van der Waals surface area contributed by atoms with Crippen molar-refractivity contribution in [2.24, 2.45) is 5.92 Å². The van der Waals surface area contributed by atoms with Gasteiger partial charge in [0.15, 0.2) is 11.5 Å². The van der Waals surface area contributed by atoms with E-state index in [1.807, 2.05) is 35.2 Å². The number of carbonyl (C=O) groups is 1. The first kappa shape index (κ1) is 19.7. The summed E-state index contributed by atoms with van der Waals surface area (Å²) in [6.45, 7) is 2.79. The fourth-order valence-corrected chi connectivity index (χ4v) is 3.85. The molecule has 0 unspecified atom stereocenters. The van der Waals surface area contributed by atoms with E-state index in [2.05, 4.69) is 0 Å². The largest absolute Gasteiger partial charge is 0.485 e. The molecule has 2 aromatic carbocycles. The zero-order valence-electron chi connectivity index (χ0n) is 16.4. The Morgan fingerprint density at radius 3 is 2.69 bits per heavy atom. The van der Waals surface area contributed by atoms with Gasteiger partial charge in [0.1, 0.15) is 12.4 Å². The van der Waals surface area contributed by atoms with Gasteiger partial charge < -0.3 is 19.1 Å². The lowest BCUT2D eigenvalue weighted by Gasteiger charge is -2.35. The molecule has 5 nitrogen and oxygen atoms in total. The second-order valence-electron chi connectivity index (χ2n) is 7.60. The molecule has 1 amide bonds. The van der Waals surface area contributed by atoms with Gasteiger partial charge >= 0.3 is 0 Å². The molecule has 1 fully saturated rings. The Morgan fingerprint density at radius 2 is 1.90 bits per heavy atom. The summed E-state index contributed by atoms with van der Waals surface area (Å²) in [5.41, 5.74) is 0.849. The standard InChI is InChI=1S/C23H26FNO4/c24-19-5-3-4-18(14-19)15-27-13-10-17-8-11-25(12-9-17)23(26)22-16-28-20-6-1-2-7-21(20)29-22/h1-7,14,17,22H,8-13,15-16H2/t22-/m0/s1. The number of ether oxygens (including phenoxy) is 3. The minimum Gasteiger partial charge on any atom is -0.485 e. The Kier molecular flexibility index (Phi) is 6.30. The van der Waals surface area contributed by atoms with Crippen LogP contribution in [0.3, 0.4) is 0 Å². The average Bonchev–Trinajstić information content (AvgIpc) is 2.76. The summed E-state index contributed by atoms with van der Waals surface area (Å²) < 4.78 is 30.4. The van der Waals surface area contributed by atoms with Gasteiger partial charge in [0.05, 0.1) is 6.61 Å². The summed E-state index contributed by atoms with van der Waals surface area (Å²) in [7, 11) is 0. The van der Waals surface area contributed by atoms with Crippen molar-refractivity contribution in [1.82, 2.24) is 4.90 Å². The van der Waals surface area contributed by atoms with Crippen LogP contribution in [-0.2, 0) is 16.1 Å². The molecule has 2 aromatic rings. The highest BCUT2D eigenvalue weighted by Crippen LogP contribution is 2.31. The Hall–Kier alpha value is -2.60. The van der Waals surface area contributed by atoms with Gasteiger partial charge in [-0.2, -0.15) is 0 Å². The molecule has 4 rings (SSSR count). The Bertz CT molecular complexity index is 835. The summed E-state index contributed by atoms with van der Waals surface area (Å²) in [5, 5.41) is 0. The number of likely N-dealkylation sites (tertiary alicyclic amines) is 1. The van der Waals surface area contributed by atoms with Crippen LogP contribution in [0.15, 0.2) is 48.5 Å². The van der Waals surface area contributed by atoms with Crippen molar-refractivity contribution in [3.63, 3.8) is 0 Å². The Morgan fingerprint density at radius 1 is 1.10 bits per heavy atom. The summed E-state index contributed by atoms with van der Waals surface area (Å²) in [4.78, 5) is 14.7. The lowest BCUT2D eigenvalue weighted by atomic mass is 9.93. The van der Waals surface area contributed by atoms with Crippen LogP contribution in [0, 0.1) is 11.7 Å². The fourth-order valence-electron chi connectivity index (χ4n) is 3.85. The second-order valence-corrected chi connectivity index (χ2v) is 7.60. The molecular weight excluding hydrogens is 373 g/mol. The molecule has 1 saturated heterocycles. The Balaban J connectivity index is 1.17. The molecule has 1 atom stereocenters. The third-order valence-corrected chi connectivity index (χ3v) is 5.54. The second kappa shape index (κ2) is 9.27. The van der Waals surface area contributed by atoms with Gasteiger partial charge in [-0.1, -0.05) is 24.3 Å².